The number of unbranched alkanes of at least 4 members (excludes halogenated alkanes) is 3. The van der Waals surface area contributed by atoms with Crippen molar-refractivity contribution in [2.24, 2.45) is 0 Å². The van der Waals surface area contributed by atoms with Gasteiger partial charge < -0.3 is 6.92 Å². The molecule has 0 heterocycles. The van der Waals surface area contributed by atoms with E-state index >= 15 is 0 Å². The van der Waals surface area contributed by atoms with Gasteiger partial charge in [0.25, 0.3) is 0 Å². The Morgan fingerprint density at radius 1 is 1.38 bits per heavy atom. The second-order valence-electron chi connectivity index (χ2n) is 1.56. The van der Waals surface area contributed by atoms with Gasteiger partial charge in [-0.05, 0) is 0 Å². The number of rotatable bonds is 3. The van der Waals surface area contributed by atoms with E-state index in [1.807, 2.05) is 0 Å². The zero-order valence-corrected chi connectivity index (χ0v) is 10.2. The molecule has 0 aromatic heterocycles. The third-order valence-electron chi connectivity index (χ3n) is 0.854. The molecule has 0 radical (unpaired) electrons. The molecule has 0 N–H and O–H groups in total. The predicted octanol–water partition coefficient (Wildman–Crippen LogP) is 3.24. The standard InChI is InChI=1S/C6H13.BrH.Zn/c1-3-5-6-4-2;;/h1,3-6H2,2H3;1H;/q-1;;+2/p-1. The van der Waals surface area contributed by atoms with E-state index in [0.717, 1.165) is 6.42 Å². The van der Waals surface area contributed by atoms with Gasteiger partial charge in [0.1, 0.15) is 0 Å². The number of halogens is 1. The molecule has 0 aliphatic carbocycles. The first-order valence-electron chi connectivity index (χ1n) is 2.97. The van der Waals surface area contributed by atoms with E-state index in [0.29, 0.717) is 0 Å². The van der Waals surface area contributed by atoms with Crippen molar-refractivity contribution in [2.75, 3.05) is 0 Å². The third-order valence-corrected chi connectivity index (χ3v) is 0.854. The van der Waals surface area contributed by atoms with Crippen LogP contribution in [-0.2, 0) is 16.3 Å². The summed E-state index contributed by atoms with van der Waals surface area (Å²) >= 11 is 4.25. The molecule has 2 heteroatoms. The summed E-state index contributed by atoms with van der Waals surface area (Å²) in [6.07, 6.45) is 5.07. The van der Waals surface area contributed by atoms with Gasteiger partial charge in [-0.1, -0.05) is 26.2 Å². The molecule has 0 unspecified atom stereocenters. The van der Waals surface area contributed by atoms with Gasteiger partial charge in [0.15, 0.2) is 0 Å². The number of hydrogen-bond donors (Lipinski definition) is 0. The molecule has 8 heavy (non-hydrogen) atoms. The second kappa shape index (κ2) is 15.7. The summed E-state index contributed by atoms with van der Waals surface area (Å²) < 4.78 is 0. The van der Waals surface area contributed by atoms with Crippen molar-refractivity contribution in [3.63, 3.8) is 0 Å². The van der Waals surface area contributed by atoms with E-state index < -0.39 is 0 Å². The van der Waals surface area contributed by atoms with E-state index in [4.69, 9.17) is 0 Å². The van der Waals surface area contributed by atoms with Crippen LogP contribution in [-0.4, -0.2) is 0 Å². The van der Waals surface area contributed by atoms with Crippen molar-refractivity contribution < 1.29 is 16.3 Å². The van der Waals surface area contributed by atoms with Gasteiger partial charge in [-0.2, -0.15) is 6.42 Å². The summed E-state index contributed by atoms with van der Waals surface area (Å²) in [5.41, 5.74) is 0. The predicted molar refractivity (Wildman–Crippen MR) is 38.4 cm³/mol. The molecule has 0 aliphatic rings. The average molecular weight is 230 g/mol. The molecule has 0 spiro atoms. The van der Waals surface area contributed by atoms with Gasteiger partial charge in [-0.3, -0.25) is 0 Å². The van der Waals surface area contributed by atoms with Crippen LogP contribution in [0.2, 0.25) is 0 Å². The molecule has 0 amide bonds. The van der Waals surface area contributed by atoms with Gasteiger partial charge in [0, 0.05) is 0 Å². The summed E-state index contributed by atoms with van der Waals surface area (Å²) in [6.45, 7) is 5.93. The molecule has 0 rings (SSSR count). The Kier molecular flexibility index (Phi) is 23.2. The van der Waals surface area contributed by atoms with Crippen molar-refractivity contribution in [1.29, 1.82) is 0 Å². The van der Waals surface area contributed by atoms with Gasteiger partial charge in [0.2, 0.25) is 0 Å². The van der Waals surface area contributed by atoms with Crippen molar-refractivity contribution in [3.05, 3.63) is 6.92 Å². The molecule has 0 saturated carbocycles. The SMILES string of the molecule is [CH2-]CCCCC.[Zn+][Br]. The normalized spacial score (nSPS) is 7.62. The summed E-state index contributed by atoms with van der Waals surface area (Å²) in [6, 6.07) is 0. The third kappa shape index (κ3) is 15.7. The van der Waals surface area contributed by atoms with Crippen LogP contribution >= 0.6 is 13.6 Å². The zero-order valence-electron chi connectivity index (χ0n) is 5.62. The summed E-state index contributed by atoms with van der Waals surface area (Å²) in [5.74, 6) is 0. The van der Waals surface area contributed by atoms with Crippen LogP contribution < -0.4 is 0 Å². The van der Waals surface area contributed by atoms with Crippen molar-refractivity contribution in [3.8, 4) is 0 Å². The first-order chi connectivity index (χ1) is 3.91. The van der Waals surface area contributed by atoms with Gasteiger partial charge in [0.05, 0.1) is 0 Å². The molecule has 0 aromatic rings. The van der Waals surface area contributed by atoms with E-state index in [-0.39, 0.29) is 0 Å². The van der Waals surface area contributed by atoms with Crippen LogP contribution in [0.5, 0.6) is 0 Å². The number of hydrogen-bond acceptors (Lipinski definition) is 0. The molecule has 46 valence electrons. The van der Waals surface area contributed by atoms with Gasteiger partial charge >= 0.3 is 30.0 Å². The van der Waals surface area contributed by atoms with E-state index in [1.165, 1.54) is 35.6 Å². The maximum absolute atomic E-state index is 3.72. The Hall–Kier alpha value is 1.10. The molecular weight excluding hydrogens is 217 g/mol. The van der Waals surface area contributed by atoms with E-state index in [2.05, 4.69) is 27.5 Å². The Labute approximate surface area is 69.5 Å². The second-order valence-corrected chi connectivity index (χ2v) is 1.56. The van der Waals surface area contributed by atoms with Crippen molar-refractivity contribution in [1.82, 2.24) is 0 Å². The molecule has 0 fully saturated rings. The van der Waals surface area contributed by atoms with E-state index in [9.17, 15) is 0 Å². The summed E-state index contributed by atoms with van der Waals surface area (Å²) in [4.78, 5) is 0. The summed E-state index contributed by atoms with van der Waals surface area (Å²) in [7, 11) is 0. The monoisotopic (exact) mass is 228 g/mol. The fourth-order valence-electron chi connectivity index (χ4n) is 0.427. The molecule has 0 aliphatic heterocycles. The summed E-state index contributed by atoms with van der Waals surface area (Å²) in [5, 5.41) is 0. The molecule has 0 bridgehead atoms. The van der Waals surface area contributed by atoms with Crippen LogP contribution in [0, 0.1) is 6.92 Å². The minimum absolute atomic E-state index is 1.10. The first-order valence-corrected chi connectivity index (χ1v) is 9.92. The molecule has 0 saturated heterocycles. The molecule has 0 aromatic carbocycles. The quantitative estimate of drug-likeness (QED) is 0.397. The minimum atomic E-state index is 1.10. The Bertz CT molecular complexity index is 20.5. The molecule has 0 nitrogen and oxygen atoms in total. The van der Waals surface area contributed by atoms with Crippen LogP contribution in [0.25, 0.3) is 0 Å². The average Bonchev–Trinajstić information content (AvgIpc) is 1.88. The van der Waals surface area contributed by atoms with Crippen LogP contribution in [0.4, 0.5) is 0 Å². The fraction of sp³-hybridized carbons (Fsp3) is 0.833. The fourth-order valence-corrected chi connectivity index (χ4v) is 0.427. The Morgan fingerprint density at radius 3 is 2.00 bits per heavy atom. The van der Waals surface area contributed by atoms with E-state index in [1.54, 1.807) is 0 Å². The van der Waals surface area contributed by atoms with Gasteiger partial charge in [-0.25, -0.2) is 0 Å². The zero-order chi connectivity index (χ0) is 6.83. The van der Waals surface area contributed by atoms with Crippen LogP contribution in [0.15, 0.2) is 0 Å². The first kappa shape index (κ1) is 11.8. The topological polar surface area (TPSA) is 0 Å². The molecular formula is C6H13BrZn. The van der Waals surface area contributed by atoms with Crippen molar-refractivity contribution >= 4 is 13.6 Å². The van der Waals surface area contributed by atoms with Gasteiger partial charge in [-0.15, -0.1) is 0 Å². The maximum atomic E-state index is 3.72. The Morgan fingerprint density at radius 2 is 1.88 bits per heavy atom. The van der Waals surface area contributed by atoms with Crippen LogP contribution in [0.1, 0.15) is 32.6 Å². The van der Waals surface area contributed by atoms with Crippen molar-refractivity contribution in [2.45, 2.75) is 32.6 Å². The molecule has 0 atom stereocenters. The Balaban J connectivity index is 0. The van der Waals surface area contributed by atoms with Crippen LogP contribution in [0.3, 0.4) is 0 Å².